The van der Waals surface area contributed by atoms with Gasteiger partial charge < -0.3 is 4.74 Å². The molecule has 0 saturated heterocycles. The van der Waals surface area contributed by atoms with Gasteiger partial charge in [-0.15, -0.1) is 0 Å². The van der Waals surface area contributed by atoms with Crippen molar-refractivity contribution in [3.63, 3.8) is 0 Å². The van der Waals surface area contributed by atoms with Crippen LogP contribution in [0.2, 0.25) is 0 Å². The van der Waals surface area contributed by atoms with Crippen molar-refractivity contribution in [3.05, 3.63) is 30.1 Å². The first-order valence-electron chi connectivity index (χ1n) is 3.89. The highest BCUT2D eigenvalue weighted by atomic mass is 79.9. The number of hydrogen-bond acceptors (Lipinski definition) is 3. The van der Waals surface area contributed by atoms with Crippen LogP contribution in [0.5, 0.6) is 0 Å². The molecule has 0 aromatic carbocycles. The highest BCUT2D eigenvalue weighted by Crippen LogP contribution is 2.15. The molecule has 1 aromatic rings. The average molecular weight is 244 g/mol. The molecule has 1 heterocycles. The topological polar surface area (TPSA) is 39.2 Å². The molecule has 0 N–H and O–H groups in total. The molecule has 3 nitrogen and oxygen atoms in total. The van der Waals surface area contributed by atoms with Crippen LogP contribution in [-0.4, -0.2) is 16.3 Å². The van der Waals surface area contributed by atoms with E-state index in [4.69, 9.17) is 4.74 Å². The first-order chi connectivity index (χ1) is 6.24. The molecule has 0 bridgehead atoms. The summed E-state index contributed by atoms with van der Waals surface area (Å²) in [7, 11) is 0. The van der Waals surface area contributed by atoms with Crippen molar-refractivity contribution >= 4 is 21.9 Å². The Kier molecular flexibility index (Phi) is 3.89. The lowest BCUT2D eigenvalue weighted by Crippen LogP contribution is -2.09. The van der Waals surface area contributed by atoms with Gasteiger partial charge in [-0.05, 0) is 24.6 Å². The van der Waals surface area contributed by atoms with Crippen LogP contribution >= 0.6 is 15.9 Å². The summed E-state index contributed by atoms with van der Waals surface area (Å²) in [6, 6.07) is 3.65. The molecule has 0 saturated carbocycles. The zero-order chi connectivity index (χ0) is 9.68. The smallest absolute Gasteiger partial charge is 0.317 e. The van der Waals surface area contributed by atoms with E-state index in [0.717, 1.165) is 5.56 Å². The number of halogens is 1. The zero-order valence-electron chi connectivity index (χ0n) is 7.24. The number of carbonyl (C=O) groups excluding carboxylic acids is 1. The summed E-state index contributed by atoms with van der Waals surface area (Å²) in [5, 5.41) is 0.225. The maximum Gasteiger partial charge on any atom is 0.317 e. The van der Waals surface area contributed by atoms with Gasteiger partial charge in [0.1, 0.15) is 11.4 Å². The summed E-state index contributed by atoms with van der Waals surface area (Å²) in [6.45, 7) is 1.83. The van der Waals surface area contributed by atoms with Crippen molar-refractivity contribution in [1.82, 2.24) is 4.98 Å². The van der Waals surface area contributed by atoms with Crippen molar-refractivity contribution in [2.75, 3.05) is 5.33 Å². The Bertz CT molecular complexity index is 276. The van der Waals surface area contributed by atoms with Gasteiger partial charge in [0.05, 0.1) is 0 Å². The van der Waals surface area contributed by atoms with Crippen molar-refractivity contribution in [2.45, 2.75) is 13.0 Å². The van der Waals surface area contributed by atoms with E-state index in [-0.39, 0.29) is 17.4 Å². The molecular weight excluding hydrogens is 234 g/mol. The SMILES string of the molecule is CC(OC(=O)CBr)c1ccncc1. The number of esters is 1. The maximum atomic E-state index is 10.9. The quantitative estimate of drug-likeness (QED) is 0.603. The van der Waals surface area contributed by atoms with Crippen LogP contribution in [-0.2, 0) is 9.53 Å². The number of rotatable bonds is 3. The molecule has 1 aromatic heterocycles. The Hall–Kier alpha value is -0.900. The second-order valence-electron chi connectivity index (χ2n) is 2.55. The van der Waals surface area contributed by atoms with Crippen LogP contribution in [0.4, 0.5) is 0 Å². The van der Waals surface area contributed by atoms with Crippen LogP contribution in [0.3, 0.4) is 0 Å². The largest absolute Gasteiger partial charge is 0.457 e. The lowest BCUT2D eigenvalue weighted by atomic mass is 10.2. The van der Waals surface area contributed by atoms with Gasteiger partial charge in [0.2, 0.25) is 0 Å². The third-order valence-electron chi connectivity index (χ3n) is 1.59. The minimum absolute atomic E-state index is 0.215. The standard InChI is InChI=1S/C9H10BrNO2/c1-7(13-9(12)6-10)8-2-4-11-5-3-8/h2-5,7H,6H2,1H3. The molecule has 4 heteroatoms. The summed E-state index contributed by atoms with van der Waals surface area (Å²) in [6.07, 6.45) is 3.13. The number of ether oxygens (including phenoxy) is 1. The van der Waals surface area contributed by atoms with E-state index in [1.165, 1.54) is 0 Å². The fraction of sp³-hybridized carbons (Fsp3) is 0.333. The fourth-order valence-electron chi connectivity index (χ4n) is 0.931. The molecule has 70 valence electrons. The molecule has 1 atom stereocenters. The van der Waals surface area contributed by atoms with Crippen LogP contribution in [0, 0.1) is 0 Å². The second kappa shape index (κ2) is 4.97. The molecular formula is C9H10BrNO2. The van der Waals surface area contributed by atoms with Gasteiger partial charge in [-0.25, -0.2) is 0 Å². The third-order valence-corrected chi connectivity index (χ3v) is 2.05. The number of nitrogens with zero attached hydrogens (tertiary/aromatic N) is 1. The molecule has 0 radical (unpaired) electrons. The highest BCUT2D eigenvalue weighted by Gasteiger charge is 2.09. The van der Waals surface area contributed by atoms with E-state index in [2.05, 4.69) is 20.9 Å². The number of alkyl halides is 1. The lowest BCUT2D eigenvalue weighted by molar-refractivity contribution is -0.145. The summed E-state index contributed by atoms with van der Waals surface area (Å²) in [5.41, 5.74) is 0.948. The molecule has 0 amide bonds. The summed E-state index contributed by atoms with van der Waals surface area (Å²) < 4.78 is 5.07. The number of carbonyl (C=O) groups is 1. The Balaban J connectivity index is 2.59. The Morgan fingerprint density at radius 3 is 2.77 bits per heavy atom. The fourth-order valence-corrected chi connectivity index (χ4v) is 1.06. The number of hydrogen-bond donors (Lipinski definition) is 0. The van der Waals surface area contributed by atoms with Crippen LogP contribution in [0.1, 0.15) is 18.6 Å². The third kappa shape index (κ3) is 3.14. The normalized spacial score (nSPS) is 12.2. The van der Waals surface area contributed by atoms with E-state index in [0.29, 0.717) is 0 Å². The first-order valence-corrected chi connectivity index (χ1v) is 5.01. The van der Waals surface area contributed by atoms with E-state index < -0.39 is 0 Å². The molecule has 13 heavy (non-hydrogen) atoms. The van der Waals surface area contributed by atoms with Crippen molar-refractivity contribution in [3.8, 4) is 0 Å². The van der Waals surface area contributed by atoms with E-state index in [9.17, 15) is 4.79 Å². The predicted octanol–water partition coefficient (Wildman–Crippen LogP) is 2.08. The Labute approximate surface area is 85.3 Å². The van der Waals surface area contributed by atoms with Gasteiger partial charge in [-0.1, -0.05) is 15.9 Å². The minimum Gasteiger partial charge on any atom is -0.457 e. The zero-order valence-corrected chi connectivity index (χ0v) is 8.82. The van der Waals surface area contributed by atoms with Gasteiger partial charge in [-0.3, -0.25) is 9.78 Å². The molecule has 0 spiro atoms. The lowest BCUT2D eigenvalue weighted by Gasteiger charge is -2.11. The Morgan fingerprint density at radius 2 is 2.23 bits per heavy atom. The van der Waals surface area contributed by atoms with E-state index >= 15 is 0 Å². The number of aromatic nitrogens is 1. The van der Waals surface area contributed by atoms with Gasteiger partial charge >= 0.3 is 5.97 Å². The molecule has 0 fully saturated rings. The van der Waals surface area contributed by atoms with Gasteiger partial charge in [0.15, 0.2) is 0 Å². The average Bonchev–Trinajstić information content (AvgIpc) is 2.19. The molecule has 1 unspecified atom stereocenters. The number of pyridine rings is 1. The van der Waals surface area contributed by atoms with E-state index in [1.54, 1.807) is 12.4 Å². The van der Waals surface area contributed by atoms with Crippen molar-refractivity contribution in [2.24, 2.45) is 0 Å². The first kappa shape index (κ1) is 10.2. The van der Waals surface area contributed by atoms with Crippen molar-refractivity contribution in [1.29, 1.82) is 0 Å². The van der Waals surface area contributed by atoms with Crippen LogP contribution in [0.25, 0.3) is 0 Å². The summed E-state index contributed by atoms with van der Waals surface area (Å²) in [5.74, 6) is -0.260. The van der Waals surface area contributed by atoms with Gasteiger partial charge in [0, 0.05) is 12.4 Å². The molecule has 1 rings (SSSR count). The second-order valence-corrected chi connectivity index (χ2v) is 3.11. The molecule has 0 aliphatic rings. The maximum absolute atomic E-state index is 10.9. The van der Waals surface area contributed by atoms with E-state index in [1.807, 2.05) is 19.1 Å². The predicted molar refractivity (Wildman–Crippen MR) is 52.5 cm³/mol. The Morgan fingerprint density at radius 1 is 1.62 bits per heavy atom. The minimum atomic E-state index is -0.260. The van der Waals surface area contributed by atoms with Crippen LogP contribution < -0.4 is 0 Å². The molecule has 0 aliphatic carbocycles. The van der Waals surface area contributed by atoms with Crippen molar-refractivity contribution < 1.29 is 9.53 Å². The van der Waals surface area contributed by atoms with Gasteiger partial charge in [-0.2, -0.15) is 0 Å². The summed E-state index contributed by atoms with van der Waals surface area (Å²) in [4.78, 5) is 14.8. The van der Waals surface area contributed by atoms with Gasteiger partial charge in [0.25, 0.3) is 0 Å². The summed E-state index contributed by atoms with van der Waals surface area (Å²) >= 11 is 3.03. The van der Waals surface area contributed by atoms with Crippen LogP contribution in [0.15, 0.2) is 24.5 Å². The molecule has 0 aliphatic heterocycles. The monoisotopic (exact) mass is 243 g/mol. The highest BCUT2D eigenvalue weighted by molar-refractivity contribution is 9.09.